The molecule has 8 nitrogen and oxygen atoms in total. The molecule has 0 atom stereocenters. The van der Waals surface area contributed by atoms with Crippen molar-refractivity contribution >= 4 is 28.3 Å². The topological polar surface area (TPSA) is 100 Å². The van der Waals surface area contributed by atoms with E-state index in [0.717, 1.165) is 6.07 Å². The van der Waals surface area contributed by atoms with Gasteiger partial charge in [-0.3, -0.25) is 0 Å². The van der Waals surface area contributed by atoms with Crippen molar-refractivity contribution in [3.8, 4) is 0 Å². The summed E-state index contributed by atoms with van der Waals surface area (Å²) in [5, 5.41) is 11.9. The van der Waals surface area contributed by atoms with Gasteiger partial charge in [0.1, 0.15) is 17.3 Å². The molecule has 3 heterocycles. The van der Waals surface area contributed by atoms with Gasteiger partial charge >= 0.3 is 11.9 Å². The zero-order chi connectivity index (χ0) is 20.6. The van der Waals surface area contributed by atoms with E-state index in [-0.39, 0.29) is 35.9 Å². The molecule has 0 radical (unpaired) electrons. The fourth-order valence-corrected chi connectivity index (χ4v) is 2.80. The summed E-state index contributed by atoms with van der Waals surface area (Å²) in [5.41, 5.74) is -0.734. The molecule has 0 aliphatic rings. The predicted molar refractivity (Wildman–Crippen MR) is 97.3 cm³/mol. The highest BCUT2D eigenvalue weighted by molar-refractivity contribution is 5.82. The second-order valence-electron chi connectivity index (χ2n) is 6.04. The molecule has 0 spiro atoms. The Balaban J connectivity index is 1.52. The average molecular weight is 407 g/mol. The van der Waals surface area contributed by atoms with Gasteiger partial charge in [0.25, 0.3) is 0 Å². The SMILES string of the molecule is O=c1[nH]nc2c(NCCNc3cccc(C(F)(F)F)n3)nc3ccc(F)cc3n12. The number of aromatic nitrogens is 5. The summed E-state index contributed by atoms with van der Waals surface area (Å²) >= 11 is 0. The number of pyridine rings is 1. The zero-order valence-corrected chi connectivity index (χ0v) is 14.6. The molecule has 0 aliphatic carbocycles. The minimum Gasteiger partial charge on any atom is -0.368 e. The number of anilines is 2. The number of nitrogens with one attached hydrogen (secondary N) is 3. The van der Waals surface area contributed by atoms with Gasteiger partial charge in [0.05, 0.1) is 11.0 Å². The maximum absolute atomic E-state index is 13.5. The van der Waals surface area contributed by atoms with Crippen molar-refractivity contribution in [1.82, 2.24) is 24.6 Å². The first-order valence-corrected chi connectivity index (χ1v) is 8.41. The predicted octanol–water partition coefficient (Wildman–Crippen LogP) is 2.65. The Morgan fingerprint density at radius 1 is 1.07 bits per heavy atom. The Morgan fingerprint density at radius 2 is 1.86 bits per heavy atom. The Bertz CT molecular complexity index is 1250. The maximum Gasteiger partial charge on any atom is 0.433 e. The first-order valence-electron chi connectivity index (χ1n) is 8.41. The number of halogens is 4. The van der Waals surface area contributed by atoms with Crippen molar-refractivity contribution in [3.63, 3.8) is 0 Å². The van der Waals surface area contributed by atoms with Crippen molar-refractivity contribution in [2.75, 3.05) is 23.7 Å². The van der Waals surface area contributed by atoms with Gasteiger partial charge in [-0.2, -0.15) is 13.2 Å². The molecule has 0 unspecified atom stereocenters. The summed E-state index contributed by atoms with van der Waals surface area (Å²) in [4.78, 5) is 19.9. The molecule has 3 N–H and O–H groups in total. The van der Waals surface area contributed by atoms with E-state index >= 15 is 0 Å². The van der Waals surface area contributed by atoms with Crippen LogP contribution >= 0.6 is 0 Å². The number of rotatable bonds is 5. The summed E-state index contributed by atoms with van der Waals surface area (Å²) < 4.78 is 52.9. The lowest BCUT2D eigenvalue weighted by Gasteiger charge is -2.11. The minimum absolute atomic E-state index is 0.0738. The molecular weight excluding hydrogens is 394 g/mol. The van der Waals surface area contributed by atoms with Crippen LogP contribution in [0.3, 0.4) is 0 Å². The number of fused-ring (bicyclic) bond motifs is 3. The second-order valence-corrected chi connectivity index (χ2v) is 6.04. The molecule has 0 fully saturated rings. The van der Waals surface area contributed by atoms with Crippen LogP contribution in [0.1, 0.15) is 5.69 Å². The molecule has 0 aliphatic heterocycles. The molecule has 29 heavy (non-hydrogen) atoms. The van der Waals surface area contributed by atoms with Crippen molar-refractivity contribution in [3.05, 3.63) is 58.4 Å². The average Bonchev–Trinajstić information content (AvgIpc) is 3.07. The Morgan fingerprint density at radius 3 is 2.66 bits per heavy atom. The molecule has 3 aromatic heterocycles. The molecule has 4 rings (SSSR count). The van der Waals surface area contributed by atoms with Gasteiger partial charge in [-0.15, -0.1) is 5.10 Å². The summed E-state index contributed by atoms with van der Waals surface area (Å²) in [5.74, 6) is -0.182. The molecule has 1 aromatic carbocycles. The molecule has 0 bridgehead atoms. The van der Waals surface area contributed by atoms with Gasteiger partial charge < -0.3 is 10.6 Å². The van der Waals surface area contributed by atoms with Gasteiger partial charge in [-0.05, 0) is 24.3 Å². The van der Waals surface area contributed by atoms with Crippen LogP contribution in [0.2, 0.25) is 0 Å². The first kappa shape index (κ1) is 18.7. The molecule has 0 amide bonds. The lowest BCUT2D eigenvalue weighted by Crippen LogP contribution is -2.18. The van der Waals surface area contributed by atoms with Crippen molar-refractivity contribution in [2.45, 2.75) is 6.18 Å². The monoisotopic (exact) mass is 407 g/mol. The van der Waals surface area contributed by atoms with Crippen LogP contribution < -0.4 is 16.3 Å². The highest BCUT2D eigenvalue weighted by atomic mass is 19.4. The van der Waals surface area contributed by atoms with E-state index < -0.39 is 23.4 Å². The van der Waals surface area contributed by atoms with E-state index in [1.807, 2.05) is 0 Å². The van der Waals surface area contributed by atoms with E-state index in [2.05, 4.69) is 30.8 Å². The van der Waals surface area contributed by atoms with Gasteiger partial charge in [0.2, 0.25) is 5.65 Å². The van der Waals surface area contributed by atoms with Crippen molar-refractivity contribution < 1.29 is 17.6 Å². The van der Waals surface area contributed by atoms with Crippen LogP contribution in [0.25, 0.3) is 16.7 Å². The highest BCUT2D eigenvalue weighted by Gasteiger charge is 2.32. The zero-order valence-electron chi connectivity index (χ0n) is 14.6. The highest BCUT2D eigenvalue weighted by Crippen LogP contribution is 2.28. The van der Waals surface area contributed by atoms with Crippen LogP contribution in [0.15, 0.2) is 41.2 Å². The summed E-state index contributed by atoms with van der Waals surface area (Å²) in [7, 11) is 0. The lowest BCUT2D eigenvalue weighted by atomic mass is 10.3. The summed E-state index contributed by atoms with van der Waals surface area (Å²) in [6.07, 6.45) is -4.52. The molecule has 4 aromatic rings. The maximum atomic E-state index is 13.5. The number of benzene rings is 1. The van der Waals surface area contributed by atoms with Gasteiger partial charge in [-0.1, -0.05) is 6.07 Å². The smallest absolute Gasteiger partial charge is 0.368 e. The second kappa shape index (κ2) is 7.04. The van der Waals surface area contributed by atoms with E-state index in [0.29, 0.717) is 5.52 Å². The van der Waals surface area contributed by atoms with Crippen LogP contribution in [0.4, 0.5) is 29.2 Å². The number of hydrogen-bond acceptors (Lipinski definition) is 6. The van der Waals surface area contributed by atoms with Crippen LogP contribution in [0.5, 0.6) is 0 Å². The standard InChI is InChI=1S/C17H13F4N7O/c18-9-4-5-10-11(8-9)28-15(26-27-16(28)29)14(24-10)23-7-6-22-13-3-1-2-12(25-13)17(19,20)21/h1-5,8H,6-7H2,(H,22,25)(H,23,24)(H,27,29). The first-order chi connectivity index (χ1) is 13.8. The van der Waals surface area contributed by atoms with E-state index in [4.69, 9.17) is 0 Å². The van der Waals surface area contributed by atoms with Crippen LogP contribution in [-0.4, -0.2) is 37.7 Å². The van der Waals surface area contributed by atoms with E-state index in [1.165, 1.54) is 34.7 Å². The quantitative estimate of drug-likeness (QED) is 0.348. The van der Waals surface area contributed by atoms with E-state index in [9.17, 15) is 22.4 Å². The molecule has 0 saturated heterocycles. The summed E-state index contributed by atoms with van der Waals surface area (Å²) in [6.45, 7) is 0.465. The fourth-order valence-electron chi connectivity index (χ4n) is 2.80. The third kappa shape index (κ3) is 3.68. The number of hydrogen-bond donors (Lipinski definition) is 3. The third-order valence-electron chi connectivity index (χ3n) is 4.06. The molecular formula is C17H13F4N7O. The Kier molecular flexibility index (Phi) is 4.53. The summed E-state index contributed by atoms with van der Waals surface area (Å²) in [6, 6.07) is 7.39. The minimum atomic E-state index is -4.52. The Labute approximate surface area is 159 Å². The van der Waals surface area contributed by atoms with Crippen molar-refractivity contribution in [2.24, 2.45) is 0 Å². The number of H-pyrrole nitrogens is 1. The normalized spacial score (nSPS) is 11.9. The number of alkyl halides is 3. The molecule has 150 valence electrons. The fraction of sp³-hybridized carbons (Fsp3) is 0.176. The van der Waals surface area contributed by atoms with Crippen LogP contribution in [-0.2, 0) is 6.18 Å². The van der Waals surface area contributed by atoms with Crippen molar-refractivity contribution in [1.29, 1.82) is 0 Å². The largest absolute Gasteiger partial charge is 0.433 e. The number of nitrogens with zero attached hydrogens (tertiary/aromatic N) is 4. The molecule has 12 heteroatoms. The van der Waals surface area contributed by atoms with Gasteiger partial charge in [0, 0.05) is 19.2 Å². The van der Waals surface area contributed by atoms with Crippen LogP contribution in [0, 0.1) is 5.82 Å². The van der Waals surface area contributed by atoms with Gasteiger partial charge in [0.15, 0.2) is 5.82 Å². The Hall–Kier alpha value is -3.70. The third-order valence-corrected chi connectivity index (χ3v) is 4.06. The van der Waals surface area contributed by atoms with Gasteiger partial charge in [-0.25, -0.2) is 28.7 Å². The van der Waals surface area contributed by atoms with E-state index in [1.54, 1.807) is 0 Å². The lowest BCUT2D eigenvalue weighted by molar-refractivity contribution is -0.141. The number of aromatic amines is 1. The molecule has 0 saturated carbocycles.